The van der Waals surface area contributed by atoms with E-state index in [2.05, 4.69) is 17.2 Å². The van der Waals surface area contributed by atoms with Gasteiger partial charge in [0.15, 0.2) is 6.10 Å². The number of benzene rings is 2. The lowest BCUT2D eigenvalue weighted by Crippen LogP contribution is -2.42. The van der Waals surface area contributed by atoms with E-state index in [4.69, 9.17) is 4.74 Å². The highest BCUT2D eigenvalue weighted by atomic mass is 16.5. The van der Waals surface area contributed by atoms with Crippen LogP contribution in [0.5, 0.6) is 0 Å². The molecule has 0 radical (unpaired) electrons. The first-order valence-electron chi connectivity index (χ1n) is 9.47. The Morgan fingerprint density at radius 1 is 1.23 bits per heavy atom. The van der Waals surface area contributed by atoms with Crippen LogP contribution in [0.25, 0.3) is 10.8 Å². The molecule has 0 spiro atoms. The van der Waals surface area contributed by atoms with Crippen molar-refractivity contribution in [1.29, 1.82) is 0 Å². The topological polar surface area (TPSA) is 105 Å². The molecular weight excluding hydrogens is 386 g/mol. The minimum absolute atomic E-state index is 0.234. The third-order valence-electron chi connectivity index (χ3n) is 4.99. The summed E-state index contributed by atoms with van der Waals surface area (Å²) in [6, 6.07) is 12.4. The van der Waals surface area contributed by atoms with Crippen molar-refractivity contribution in [3.8, 4) is 0 Å². The summed E-state index contributed by atoms with van der Waals surface area (Å²) in [7, 11) is 0. The summed E-state index contributed by atoms with van der Waals surface area (Å²) in [5.41, 5.74) is -0.707. The molecule has 0 aromatic heterocycles. The van der Waals surface area contributed by atoms with Gasteiger partial charge in [-0.2, -0.15) is 0 Å². The highest BCUT2D eigenvalue weighted by Gasteiger charge is 2.49. The minimum atomic E-state index is -1.31. The van der Waals surface area contributed by atoms with Crippen LogP contribution in [-0.2, 0) is 24.7 Å². The number of carbonyl (C=O) groups excluding carboxylic acids is 4. The van der Waals surface area contributed by atoms with Crippen LogP contribution < -0.4 is 10.6 Å². The average Bonchev–Trinajstić information content (AvgIpc) is 2.95. The van der Waals surface area contributed by atoms with Crippen LogP contribution in [0.3, 0.4) is 0 Å². The van der Waals surface area contributed by atoms with Crippen LogP contribution >= 0.6 is 0 Å². The summed E-state index contributed by atoms with van der Waals surface area (Å²) in [6.07, 6.45) is 0.429. The second kappa shape index (κ2) is 8.36. The number of fused-ring (bicyclic) bond motifs is 1. The number of imide groups is 1. The van der Waals surface area contributed by atoms with Gasteiger partial charge in [0.05, 0.1) is 0 Å². The zero-order valence-electron chi connectivity index (χ0n) is 16.8. The molecule has 156 valence electrons. The van der Waals surface area contributed by atoms with Gasteiger partial charge in [0.1, 0.15) is 12.1 Å². The number of carbonyl (C=O) groups is 4. The van der Waals surface area contributed by atoms with Crippen molar-refractivity contribution in [1.82, 2.24) is 15.5 Å². The number of hydrogen-bond donors (Lipinski definition) is 2. The van der Waals surface area contributed by atoms with Crippen molar-refractivity contribution < 1.29 is 23.9 Å². The number of ether oxygens (including phenoxy) is 1. The maximum Gasteiger partial charge on any atom is 0.327 e. The van der Waals surface area contributed by atoms with E-state index in [-0.39, 0.29) is 6.54 Å². The maximum atomic E-state index is 13.0. The predicted octanol–water partition coefficient (Wildman–Crippen LogP) is 1.84. The summed E-state index contributed by atoms with van der Waals surface area (Å²) in [6.45, 7) is 6.12. The second-order valence-corrected chi connectivity index (χ2v) is 7.17. The summed E-state index contributed by atoms with van der Waals surface area (Å²) in [5, 5.41) is 7.10. The van der Waals surface area contributed by atoms with Crippen LogP contribution in [0, 0.1) is 0 Å². The molecule has 2 N–H and O–H groups in total. The first kappa shape index (κ1) is 21.0. The Balaban J connectivity index is 1.72. The lowest BCUT2D eigenvalue weighted by molar-refractivity contribution is -0.156. The second-order valence-electron chi connectivity index (χ2n) is 7.17. The number of nitrogens with one attached hydrogen (secondary N) is 2. The van der Waals surface area contributed by atoms with Crippen molar-refractivity contribution in [2.24, 2.45) is 0 Å². The summed E-state index contributed by atoms with van der Waals surface area (Å²) in [4.78, 5) is 50.2. The third kappa shape index (κ3) is 4.03. The molecule has 1 aliphatic heterocycles. The van der Waals surface area contributed by atoms with Crippen molar-refractivity contribution >= 4 is 34.6 Å². The zero-order valence-corrected chi connectivity index (χ0v) is 16.8. The average molecular weight is 409 g/mol. The largest absolute Gasteiger partial charge is 0.451 e. The molecule has 2 atom stereocenters. The highest BCUT2D eigenvalue weighted by Crippen LogP contribution is 2.31. The third-order valence-corrected chi connectivity index (χ3v) is 4.99. The summed E-state index contributed by atoms with van der Waals surface area (Å²) >= 11 is 0. The van der Waals surface area contributed by atoms with Gasteiger partial charge in [-0.1, -0.05) is 42.5 Å². The Morgan fingerprint density at radius 2 is 1.93 bits per heavy atom. The fourth-order valence-corrected chi connectivity index (χ4v) is 3.27. The zero-order chi connectivity index (χ0) is 21.9. The number of urea groups is 1. The molecular formula is C22H23N3O5. The van der Waals surface area contributed by atoms with Crippen molar-refractivity contribution in [3.63, 3.8) is 0 Å². The summed E-state index contributed by atoms with van der Waals surface area (Å²) in [5.74, 6) is -1.92. The summed E-state index contributed by atoms with van der Waals surface area (Å²) < 4.78 is 5.04. The molecule has 2 aromatic rings. The van der Waals surface area contributed by atoms with E-state index < -0.39 is 42.0 Å². The number of hydrogen-bond acceptors (Lipinski definition) is 5. The highest BCUT2D eigenvalue weighted by molar-refractivity contribution is 6.09. The van der Waals surface area contributed by atoms with Crippen LogP contribution in [0.2, 0.25) is 0 Å². The Hall–Kier alpha value is -3.68. The van der Waals surface area contributed by atoms with Gasteiger partial charge in [-0.15, -0.1) is 6.58 Å². The quantitative estimate of drug-likeness (QED) is 0.413. The molecule has 2 aromatic carbocycles. The molecule has 30 heavy (non-hydrogen) atoms. The SMILES string of the molecule is C=CCNC(=O)[C@H](C)OC(=O)CN1C(=O)N[C@@](C)(c2ccc3ccccc3c2)C1=O. The first-order chi connectivity index (χ1) is 14.3. The number of esters is 1. The van der Waals surface area contributed by atoms with E-state index >= 15 is 0 Å². The number of rotatable bonds is 7. The molecule has 0 saturated carbocycles. The smallest absolute Gasteiger partial charge is 0.327 e. The van der Waals surface area contributed by atoms with Crippen LogP contribution in [0.4, 0.5) is 4.79 Å². The van der Waals surface area contributed by atoms with Gasteiger partial charge in [0.25, 0.3) is 11.8 Å². The van der Waals surface area contributed by atoms with Crippen LogP contribution in [0.15, 0.2) is 55.1 Å². The lowest BCUT2D eigenvalue weighted by atomic mass is 9.90. The molecule has 1 saturated heterocycles. The van der Waals surface area contributed by atoms with E-state index in [1.165, 1.54) is 13.0 Å². The monoisotopic (exact) mass is 409 g/mol. The fraction of sp³-hybridized carbons (Fsp3) is 0.273. The van der Waals surface area contributed by atoms with E-state index in [0.29, 0.717) is 5.56 Å². The van der Waals surface area contributed by atoms with Gasteiger partial charge in [-0.05, 0) is 36.2 Å². The molecule has 1 fully saturated rings. The molecule has 8 heteroatoms. The van der Waals surface area contributed by atoms with Crippen LogP contribution in [0.1, 0.15) is 19.4 Å². The first-order valence-corrected chi connectivity index (χ1v) is 9.47. The number of amides is 4. The van der Waals surface area contributed by atoms with Crippen molar-refractivity contribution in [2.45, 2.75) is 25.5 Å². The number of nitrogens with zero attached hydrogens (tertiary/aromatic N) is 1. The van der Waals surface area contributed by atoms with Gasteiger partial charge >= 0.3 is 12.0 Å². The molecule has 3 rings (SSSR count). The molecule has 0 bridgehead atoms. The van der Waals surface area contributed by atoms with E-state index in [1.54, 1.807) is 13.0 Å². The Bertz CT molecular complexity index is 1030. The van der Waals surface area contributed by atoms with Gasteiger partial charge in [0, 0.05) is 6.54 Å². The van der Waals surface area contributed by atoms with E-state index in [9.17, 15) is 19.2 Å². The van der Waals surface area contributed by atoms with Gasteiger partial charge in [-0.3, -0.25) is 19.3 Å². The molecule has 0 unspecified atom stereocenters. The van der Waals surface area contributed by atoms with Gasteiger partial charge in [-0.25, -0.2) is 4.79 Å². The minimum Gasteiger partial charge on any atom is -0.451 e. The molecule has 8 nitrogen and oxygen atoms in total. The predicted molar refractivity (Wildman–Crippen MR) is 110 cm³/mol. The van der Waals surface area contributed by atoms with Crippen molar-refractivity contribution in [3.05, 3.63) is 60.7 Å². The van der Waals surface area contributed by atoms with E-state index in [1.807, 2.05) is 36.4 Å². The van der Waals surface area contributed by atoms with Crippen molar-refractivity contribution in [2.75, 3.05) is 13.1 Å². The lowest BCUT2D eigenvalue weighted by Gasteiger charge is -2.22. The fourth-order valence-electron chi connectivity index (χ4n) is 3.27. The Kier molecular flexibility index (Phi) is 5.86. The standard InChI is InChI=1S/C22H23N3O5/c1-4-11-23-19(27)14(2)30-18(26)13-25-20(28)22(3,24-21(25)29)17-10-9-15-7-5-6-8-16(15)12-17/h4-10,12,14H,1,11,13H2,2-3H3,(H,23,27)(H,24,29)/t14-,22-/m0/s1. The Labute approximate surface area is 173 Å². The molecule has 0 aliphatic carbocycles. The van der Waals surface area contributed by atoms with Gasteiger partial charge in [0.2, 0.25) is 0 Å². The molecule has 4 amide bonds. The van der Waals surface area contributed by atoms with E-state index in [0.717, 1.165) is 15.7 Å². The molecule has 1 aliphatic rings. The molecule has 1 heterocycles. The Morgan fingerprint density at radius 3 is 2.63 bits per heavy atom. The van der Waals surface area contributed by atoms with Gasteiger partial charge < -0.3 is 15.4 Å². The maximum absolute atomic E-state index is 13.0. The normalized spacial score (nSPS) is 19.3. The van der Waals surface area contributed by atoms with Crippen LogP contribution in [-0.4, -0.2) is 47.9 Å².